The van der Waals surface area contributed by atoms with Crippen LogP contribution in [0.4, 0.5) is 4.39 Å². The lowest BCUT2D eigenvalue weighted by Gasteiger charge is -2.07. The third-order valence-electron chi connectivity index (χ3n) is 1.40. The molecule has 1 aliphatic rings. The summed E-state index contributed by atoms with van der Waals surface area (Å²) >= 11 is -1.28. The lowest BCUT2D eigenvalue weighted by atomic mass is 10.3. The van der Waals surface area contributed by atoms with E-state index in [1.165, 1.54) is 0 Å². The monoisotopic (exact) mass is 216 g/mol. The molecule has 0 aromatic heterocycles. The molecular formula is C5H9FO4S2. The molecule has 1 saturated heterocycles. The number of rotatable bonds is 2. The summed E-state index contributed by atoms with van der Waals surface area (Å²) in [5.41, 5.74) is 0. The van der Waals surface area contributed by atoms with Crippen molar-refractivity contribution in [2.24, 2.45) is 0 Å². The SMILES string of the molecule is CS(=O)(=O)OC1C[S+]([O-])CC1F. The first-order valence-electron chi connectivity index (χ1n) is 3.26. The number of alkyl halides is 1. The molecule has 3 atom stereocenters. The van der Waals surface area contributed by atoms with Crippen molar-refractivity contribution in [1.82, 2.24) is 0 Å². The third-order valence-corrected chi connectivity index (χ3v) is 3.38. The van der Waals surface area contributed by atoms with Crippen molar-refractivity contribution in [2.75, 3.05) is 17.8 Å². The summed E-state index contributed by atoms with van der Waals surface area (Å²) in [5.74, 6) is -0.158. The normalized spacial score (nSPS) is 37.1. The predicted octanol–water partition coefficient (Wildman–Crippen LogP) is -0.568. The maximum absolute atomic E-state index is 12.8. The van der Waals surface area contributed by atoms with Gasteiger partial charge in [-0.25, -0.2) is 4.39 Å². The standard InChI is InChI=1S/C5H9FO4S2/c1-12(8,9)10-5-3-11(7)2-4(5)6/h4-5H,2-3H2,1H3. The van der Waals surface area contributed by atoms with Crippen molar-refractivity contribution in [3.63, 3.8) is 0 Å². The first-order chi connectivity index (χ1) is 5.38. The van der Waals surface area contributed by atoms with Gasteiger partial charge in [0.25, 0.3) is 10.1 Å². The topological polar surface area (TPSA) is 66.4 Å². The van der Waals surface area contributed by atoms with Gasteiger partial charge in [0.15, 0.2) is 12.3 Å². The quantitative estimate of drug-likeness (QED) is 0.458. The smallest absolute Gasteiger partial charge is 0.264 e. The summed E-state index contributed by atoms with van der Waals surface area (Å²) in [6, 6.07) is 0. The van der Waals surface area contributed by atoms with Crippen molar-refractivity contribution in [3.05, 3.63) is 0 Å². The molecule has 1 fully saturated rings. The molecule has 12 heavy (non-hydrogen) atoms. The average molecular weight is 216 g/mol. The van der Waals surface area contributed by atoms with Gasteiger partial charge in [0.1, 0.15) is 11.5 Å². The fourth-order valence-corrected chi connectivity index (χ4v) is 3.03. The Hall–Kier alpha value is 0.150. The molecule has 0 saturated carbocycles. The van der Waals surface area contributed by atoms with E-state index in [2.05, 4.69) is 4.18 Å². The Morgan fingerprint density at radius 3 is 2.50 bits per heavy atom. The highest BCUT2D eigenvalue weighted by molar-refractivity contribution is 7.91. The Morgan fingerprint density at radius 2 is 2.17 bits per heavy atom. The maximum atomic E-state index is 12.8. The van der Waals surface area contributed by atoms with Crippen molar-refractivity contribution in [2.45, 2.75) is 12.3 Å². The predicted molar refractivity (Wildman–Crippen MR) is 42.5 cm³/mol. The van der Waals surface area contributed by atoms with E-state index in [0.29, 0.717) is 0 Å². The highest BCUT2D eigenvalue weighted by atomic mass is 32.2. The van der Waals surface area contributed by atoms with Crippen LogP contribution in [-0.4, -0.2) is 43.0 Å². The van der Waals surface area contributed by atoms with E-state index in [4.69, 9.17) is 0 Å². The molecule has 1 rings (SSSR count). The first-order valence-corrected chi connectivity index (χ1v) is 6.56. The zero-order valence-electron chi connectivity index (χ0n) is 6.40. The first kappa shape index (κ1) is 10.2. The summed E-state index contributed by atoms with van der Waals surface area (Å²) in [6.07, 6.45) is -1.64. The summed E-state index contributed by atoms with van der Waals surface area (Å²) < 4.78 is 49.0. The Morgan fingerprint density at radius 1 is 1.58 bits per heavy atom. The highest BCUT2D eigenvalue weighted by Crippen LogP contribution is 2.19. The Kier molecular flexibility index (Phi) is 2.97. The average Bonchev–Trinajstić information content (AvgIpc) is 2.06. The van der Waals surface area contributed by atoms with Crippen LogP contribution in [0.25, 0.3) is 0 Å². The van der Waals surface area contributed by atoms with Gasteiger partial charge in [-0.15, -0.1) is 0 Å². The van der Waals surface area contributed by atoms with Crippen LogP contribution in [0.15, 0.2) is 0 Å². The van der Waals surface area contributed by atoms with Crippen molar-refractivity contribution < 1.29 is 21.5 Å². The van der Waals surface area contributed by atoms with Gasteiger partial charge in [-0.05, 0) is 11.2 Å². The lowest BCUT2D eigenvalue weighted by Crippen LogP contribution is -2.26. The number of hydrogen-bond acceptors (Lipinski definition) is 4. The number of halogens is 1. The summed E-state index contributed by atoms with van der Waals surface area (Å²) in [5, 5.41) is 0. The third kappa shape index (κ3) is 2.89. The minimum Gasteiger partial charge on any atom is -0.616 e. The van der Waals surface area contributed by atoms with Crippen LogP contribution >= 0.6 is 0 Å². The van der Waals surface area contributed by atoms with Gasteiger partial charge in [0, 0.05) is 0 Å². The van der Waals surface area contributed by atoms with Gasteiger partial charge in [0.05, 0.1) is 6.26 Å². The van der Waals surface area contributed by atoms with Gasteiger partial charge < -0.3 is 4.55 Å². The van der Waals surface area contributed by atoms with E-state index >= 15 is 0 Å². The minimum absolute atomic E-state index is 0.0335. The van der Waals surface area contributed by atoms with Crippen molar-refractivity contribution in [1.29, 1.82) is 0 Å². The molecule has 0 aliphatic carbocycles. The van der Waals surface area contributed by atoms with Gasteiger partial charge in [0.2, 0.25) is 0 Å². The van der Waals surface area contributed by atoms with Crippen LogP contribution in [0.1, 0.15) is 0 Å². The largest absolute Gasteiger partial charge is 0.616 e. The molecule has 0 N–H and O–H groups in total. The molecule has 0 aromatic carbocycles. The maximum Gasteiger partial charge on any atom is 0.264 e. The highest BCUT2D eigenvalue weighted by Gasteiger charge is 2.40. The van der Waals surface area contributed by atoms with Gasteiger partial charge >= 0.3 is 0 Å². The van der Waals surface area contributed by atoms with Gasteiger partial charge in [-0.1, -0.05) is 0 Å². The van der Waals surface area contributed by atoms with E-state index in [1.807, 2.05) is 0 Å². The Bertz CT molecular complexity index is 252. The molecule has 1 aliphatic heterocycles. The second-order valence-electron chi connectivity index (χ2n) is 2.63. The zero-order valence-corrected chi connectivity index (χ0v) is 8.03. The fourth-order valence-electron chi connectivity index (χ4n) is 0.953. The molecule has 0 radical (unpaired) electrons. The van der Waals surface area contributed by atoms with E-state index in [9.17, 15) is 17.4 Å². The van der Waals surface area contributed by atoms with Crippen molar-refractivity contribution >= 4 is 21.3 Å². The zero-order chi connectivity index (χ0) is 9.35. The summed E-state index contributed by atoms with van der Waals surface area (Å²) in [6.45, 7) is 0. The van der Waals surface area contributed by atoms with E-state index in [-0.39, 0.29) is 11.5 Å². The Balaban J connectivity index is 2.55. The minimum atomic E-state index is -3.64. The van der Waals surface area contributed by atoms with Crippen LogP contribution in [-0.2, 0) is 25.5 Å². The van der Waals surface area contributed by atoms with Crippen molar-refractivity contribution in [3.8, 4) is 0 Å². The Labute approximate surface area is 73.4 Å². The second kappa shape index (κ2) is 3.49. The molecular weight excluding hydrogens is 207 g/mol. The fraction of sp³-hybridized carbons (Fsp3) is 1.00. The van der Waals surface area contributed by atoms with Crippen LogP contribution in [0.2, 0.25) is 0 Å². The lowest BCUT2D eigenvalue weighted by molar-refractivity contribution is 0.148. The van der Waals surface area contributed by atoms with Crippen LogP contribution < -0.4 is 0 Å². The molecule has 0 spiro atoms. The van der Waals surface area contributed by atoms with E-state index in [1.54, 1.807) is 0 Å². The van der Waals surface area contributed by atoms with Crippen LogP contribution in [0.3, 0.4) is 0 Å². The molecule has 7 heteroatoms. The molecule has 0 aromatic rings. The van der Waals surface area contributed by atoms with E-state index in [0.717, 1.165) is 6.26 Å². The molecule has 0 bridgehead atoms. The summed E-state index contributed by atoms with van der Waals surface area (Å²) in [7, 11) is -3.64. The van der Waals surface area contributed by atoms with Gasteiger partial charge in [-0.3, -0.25) is 4.18 Å². The van der Waals surface area contributed by atoms with Crippen LogP contribution in [0, 0.1) is 0 Å². The van der Waals surface area contributed by atoms with E-state index < -0.39 is 33.6 Å². The molecule has 1 heterocycles. The second-order valence-corrected chi connectivity index (χ2v) is 5.77. The summed E-state index contributed by atoms with van der Waals surface area (Å²) in [4.78, 5) is 0. The molecule has 0 amide bonds. The molecule has 4 nitrogen and oxygen atoms in total. The molecule has 72 valence electrons. The number of hydrogen-bond donors (Lipinski definition) is 0. The van der Waals surface area contributed by atoms with Crippen LogP contribution in [0.5, 0.6) is 0 Å². The van der Waals surface area contributed by atoms with Gasteiger partial charge in [-0.2, -0.15) is 8.42 Å². The molecule has 3 unspecified atom stereocenters.